The number of carbonyl (C=O) groups excluding carboxylic acids is 1. The number of carbonyl (C=O) groups is 2. The molecule has 0 saturated carbocycles. The molecule has 2 N–H and O–H groups in total. The predicted octanol–water partition coefficient (Wildman–Crippen LogP) is 3.16. The number of pyridine rings is 1. The lowest BCUT2D eigenvalue weighted by Gasteiger charge is -2.19. The first-order valence-electron chi connectivity index (χ1n) is 9.26. The van der Waals surface area contributed by atoms with Gasteiger partial charge in [0.1, 0.15) is 6.54 Å². The Morgan fingerprint density at radius 1 is 1.03 bits per heavy atom. The maximum atomic E-state index is 12.5. The summed E-state index contributed by atoms with van der Waals surface area (Å²) in [7, 11) is 0. The van der Waals surface area contributed by atoms with Crippen LogP contribution < -0.4 is 10.9 Å². The normalized spacial score (nSPS) is 11.6. The van der Waals surface area contributed by atoms with E-state index in [-0.39, 0.29) is 18.5 Å². The number of amides is 1. The van der Waals surface area contributed by atoms with Crippen LogP contribution in [-0.4, -0.2) is 21.6 Å². The highest BCUT2D eigenvalue weighted by Gasteiger charge is 2.19. The SMILES string of the molecule is Cc1ccccc1-c1cccc([C@H](CC(=O)O)NC(=O)Cn2ccccc2=O)c1. The standard InChI is InChI=1S/C23H22N2O4/c1-16-7-2-3-10-19(16)17-8-6-9-18(13-17)20(14-23(28)29)24-21(26)15-25-12-5-4-11-22(25)27/h2-13,20H,14-15H2,1H3,(H,24,26)(H,28,29)/t20-/m0/s1. The summed E-state index contributed by atoms with van der Waals surface area (Å²) in [4.78, 5) is 35.7. The van der Waals surface area contributed by atoms with Gasteiger partial charge in [-0.15, -0.1) is 0 Å². The van der Waals surface area contributed by atoms with Crippen LogP contribution in [0.2, 0.25) is 0 Å². The van der Waals surface area contributed by atoms with E-state index in [4.69, 9.17) is 0 Å². The van der Waals surface area contributed by atoms with Crippen molar-refractivity contribution in [3.8, 4) is 11.1 Å². The molecular formula is C23H22N2O4. The molecule has 0 aliphatic heterocycles. The van der Waals surface area contributed by atoms with Gasteiger partial charge in [-0.25, -0.2) is 0 Å². The number of nitrogens with zero attached hydrogens (tertiary/aromatic N) is 1. The Labute approximate surface area is 168 Å². The molecule has 6 nitrogen and oxygen atoms in total. The van der Waals surface area contributed by atoms with E-state index in [1.165, 1.54) is 16.8 Å². The number of aromatic nitrogens is 1. The largest absolute Gasteiger partial charge is 0.481 e. The Bertz CT molecular complexity index is 1090. The van der Waals surface area contributed by atoms with Crippen LogP contribution in [0, 0.1) is 6.92 Å². The van der Waals surface area contributed by atoms with Gasteiger partial charge in [0.15, 0.2) is 0 Å². The first kappa shape index (κ1) is 20.1. The highest BCUT2D eigenvalue weighted by atomic mass is 16.4. The van der Waals surface area contributed by atoms with Crippen LogP contribution in [0.3, 0.4) is 0 Å². The Balaban J connectivity index is 1.85. The van der Waals surface area contributed by atoms with Gasteiger partial charge in [-0.3, -0.25) is 14.4 Å². The van der Waals surface area contributed by atoms with Gasteiger partial charge in [0.2, 0.25) is 5.91 Å². The zero-order valence-electron chi connectivity index (χ0n) is 16.0. The fourth-order valence-electron chi connectivity index (χ4n) is 3.23. The minimum Gasteiger partial charge on any atom is -0.481 e. The molecule has 6 heteroatoms. The zero-order chi connectivity index (χ0) is 20.8. The Kier molecular flexibility index (Phi) is 6.24. The summed E-state index contributed by atoms with van der Waals surface area (Å²) in [6.45, 7) is 1.84. The molecule has 0 spiro atoms. The average molecular weight is 390 g/mol. The van der Waals surface area contributed by atoms with Crippen molar-refractivity contribution in [3.05, 3.63) is 94.4 Å². The van der Waals surface area contributed by atoms with E-state index in [9.17, 15) is 19.5 Å². The topological polar surface area (TPSA) is 88.4 Å². The van der Waals surface area contributed by atoms with Crippen molar-refractivity contribution in [1.82, 2.24) is 9.88 Å². The molecule has 0 bridgehead atoms. The molecule has 2 aromatic carbocycles. The quantitative estimate of drug-likeness (QED) is 0.649. The second-order valence-electron chi connectivity index (χ2n) is 6.83. The number of rotatable bonds is 7. The van der Waals surface area contributed by atoms with E-state index >= 15 is 0 Å². The molecule has 0 saturated heterocycles. The van der Waals surface area contributed by atoms with E-state index < -0.39 is 17.9 Å². The third kappa shape index (κ3) is 5.19. The highest BCUT2D eigenvalue weighted by Crippen LogP contribution is 2.27. The van der Waals surface area contributed by atoms with E-state index in [1.54, 1.807) is 18.2 Å². The summed E-state index contributed by atoms with van der Waals surface area (Å²) in [5, 5.41) is 12.1. The lowest BCUT2D eigenvalue weighted by molar-refractivity contribution is -0.137. The lowest BCUT2D eigenvalue weighted by atomic mass is 9.95. The second-order valence-corrected chi connectivity index (χ2v) is 6.83. The van der Waals surface area contributed by atoms with Crippen molar-refractivity contribution < 1.29 is 14.7 Å². The number of benzene rings is 2. The molecule has 0 aliphatic rings. The van der Waals surface area contributed by atoms with E-state index in [1.807, 2.05) is 49.4 Å². The van der Waals surface area contributed by atoms with Crippen molar-refractivity contribution in [3.63, 3.8) is 0 Å². The Morgan fingerprint density at radius 3 is 2.52 bits per heavy atom. The number of carboxylic acids is 1. The van der Waals surface area contributed by atoms with Crippen LogP contribution in [0.4, 0.5) is 0 Å². The van der Waals surface area contributed by atoms with Crippen LogP contribution >= 0.6 is 0 Å². The molecule has 3 rings (SSSR count). The van der Waals surface area contributed by atoms with Crippen LogP contribution in [-0.2, 0) is 16.1 Å². The number of carboxylic acid groups (broad SMARTS) is 1. The number of hydrogen-bond acceptors (Lipinski definition) is 3. The van der Waals surface area contributed by atoms with E-state index in [0.717, 1.165) is 16.7 Å². The Morgan fingerprint density at radius 2 is 1.79 bits per heavy atom. The summed E-state index contributed by atoms with van der Waals surface area (Å²) in [5.41, 5.74) is 3.50. The van der Waals surface area contributed by atoms with Crippen LogP contribution in [0.5, 0.6) is 0 Å². The summed E-state index contributed by atoms with van der Waals surface area (Å²) in [5.74, 6) is -1.45. The maximum absolute atomic E-state index is 12.5. The minimum atomic E-state index is -1.02. The van der Waals surface area contributed by atoms with Crippen molar-refractivity contribution in [2.45, 2.75) is 25.9 Å². The van der Waals surface area contributed by atoms with Gasteiger partial charge >= 0.3 is 5.97 Å². The van der Waals surface area contributed by atoms with Gasteiger partial charge in [0.05, 0.1) is 12.5 Å². The molecule has 1 aromatic heterocycles. The first-order valence-corrected chi connectivity index (χ1v) is 9.26. The summed E-state index contributed by atoms with van der Waals surface area (Å²) in [6, 6.07) is 19.3. The van der Waals surface area contributed by atoms with Crippen molar-refractivity contribution in [1.29, 1.82) is 0 Å². The third-order valence-corrected chi connectivity index (χ3v) is 4.67. The maximum Gasteiger partial charge on any atom is 0.305 e. The molecule has 1 atom stereocenters. The lowest BCUT2D eigenvalue weighted by Crippen LogP contribution is -2.35. The molecule has 29 heavy (non-hydrogen) atoms. The fourth-order valence-corrected chi connectivity index (χ4v) is 3.23. The molecule has 0 radical (unpaired) electrons. The Hall–Kier alpha value is -3.67. The van der Waals surface area contributed by atoms with Crippen molar-refractivity contribution >= 4 is 11.9 Å². The smallest absolute Gasteiger partial charge is 0.305 e. The summed E-state index contributed by atoms with van der Waals surface area (Å²) >= 11 is 0. The van der Waals surface area contributed by atoms with Gasteiger partial charge in [-0.2, -0.15) is 0 Å². The molecule has 148 valence electrons. The predicted molar refractivity (Wildman–Crippen MR) is 110 cm³/mol. The van der Waals surface area contributed by atoms with Crippen molar-refractivity contribution in [2.75, 3.05) is 0 Å². The number of aliphatic carboxylic acids is 1. The number of aryl methyl sites for hydroxylation is 1. The molecule has 1 heterocycles. The minimum absolute atomic E-state index is 0.173. The highest BCUT2D eigenvalue weighted by molar-refractivity contribution is 5.78. The average Bonchev–Trinajstić information content (AvgIpc) is 2.69. The monoisotopic (exact) mass is 390 g/mol. The zero-order valence-corrected chi connectivity index (χ0v) is 16.0. The van der Waals surface area contributed by atoms with Crippen LogP contribution in [0.15, 0.2) is 77.7 Å². The second kappa shape index (κ2) is 9.01. The number of nitrogens with one attached hydrogen (secondary N) is 1. The molecule has 0 aliphatic carbocycles. The van der Waals surface area contributed by atoms with Gasteiger partial charge in [-0.1, -0.05) is 48.5 Å². The van der Waals surface area contributed by atoms with Crippen LogP contribution in [0.1, 0.15) is 23.6 Å². The number of hydrogen-bond donors (Lipinski definition) is 2. The van der Waals surface area contributed by atoms with E-state index in [0.29, 0.717) is 5.56 Å². The fraction of sp³-hybridized carbons (Fsp3) is 0.174. The van der Waals surface area contributed by atoms with Gasteiger partial charge in [-0.05, 0) is 41.3 Å². The van der Waals surface area contributed by atoms with Crippen molar-refractivity contribution in [2.24, 2.45) is 0 Å². The molecule has 0 fully saturated rings. The van der Waals surface area contributed by atoms with E-state index in [2.05, 4.69) is 5.32 Å². The molecule has 1 amide bonds. The molecule has 0 unspecified atom stereocenters. The summed E-state index contributed by atoms with van der Waals surface area (Å²) < 4.78 is 1.27. The van der Waals surface area contributed by atoms with Gasteiger partial charge < -0.3 is 15.0 Å². The summed E-state index contributed by atoms with van der Waals surface area (Å²) in [6.07, 6.45) is 1.26. The van der Waals surface area contributed by atoms with Gasteiger partial charge in [0.25, 0.3) is 5.56 Å². The third-order valence-electron chi connectivity index (χ3n) is 4.67. The van der Waals surface area contributed by atoms with Crippen LogP contribution in [0.25, 0.3) is 11.1 Å². The van der Waals surface area contributed by atoms with Gasteiger partial charge in [0, 0.05) is 12.3 Å². The first-order chi connectivity index (χ1) is 13.9. The molecular weight excluding hydrogens is 368 g/mol. The molecule has 3 aromatic rings.